The van der Waals surface area contributed by atoms with Crippen LogP contribution in [0.15, 0.2) is 16.6 Å². The highest BCUT2D eigenvalue weighted by Crippen LogP contribution is 2.26. The number of hydrogen-bond donors (Lipinski definition) is 1. The average Bonchev–Trinajstić information content (AvgIpc) is 2.12. The third-order valence-electron chi connectivity index (χ3n) is 1.47. The van der Waals surface area contributed by atoms with Crippen molar-refractivity contribution >= 4 is 39.3 Å². The zero-order valence-corrected chi connectivity index (χ0v) is 8.89. The van der Waals surface area contributed by atoms with Crippen LogP contribution in [0.5, 0.6) is 0 Å². The maximum atomic E-state index is 13.3. The third kappa shape index (κ3) is 1.93. The molecule has 0 aliphatic rings. The first-order chi connectivity index (χ1) is 6.45. The molecule has 0 atom stereocenters. The lowest BCUT2D eigenvalue weighted by atomic mass is 10.1. The number of benzene rings is 1. The summed E-state index contributed by atoms with van der Waals surface area (Å²) in [4.78, 5) is 21.3. The molecule has 0 aliphatic carbocycles. The summed E-state index contributed by atoms with van der Waals surface area (Å²) in [6.07, 6.45) is 0. The molecule has 0 unspecified atom stereocenters. The second-order valence-corrected chi connectivity index (χ2v) is 3.61. The Bertz CT molecular complexity index is 419. The van der Waals surface area contributed by atoms with Crippen LogP contribution in [0.3, 0.4) is 0 Å². The van der Waals surface area contributed by atoms with Gasteiger partial charge in [-0.15, -0.1) is 0 Å². The summed E-state index contributed by atoms with van der Waals surface area (Å²) in [5, 5.41) is 8.16. The van der Waals surface area contributed by atoms with E-state index in [1.54, 1.807) is 0 Å². The van der Waals surface area contributed by atoms with Crippen LogP contribution in [0, 0.1) is 5.82 Å². The van der Waals surface area contributed by atoms with Crippen molar-refractivity contribution in [2.45, 2.75) is 0 Å². The van der Waals surface area contributed by atoms with E-state index in [4.69, 9.17) is 16.7 Å². The first-order valence-corrected chi connectivity index (χ1v) is 4.53. The van der Waals surface area contributed by atoms with Crippen LogP contribution in [0.4, 0.5) is 4.39 Å². The number of hydrogen-bond acceptors (Lipinski definition) is 2. The predicted octanol–water partition coefficient (Wildman–Crippen LogP) is 2.51. The molecule has 1 aromatic rings. The van der Waals surface area contributed by atoms with E-state index in [2.05, 4.69) is 15.9 Å². The summed E-state index contributed by atoms with van der Waals surface area (Å²) in [6.45, 7) is 0. The van der Waals surface area contributed by atoms with Crippen molar-refractivity contribution in [1.82, 2.24) is 0 Å². The van der Waals surface area contributed by atoms with Gasteiger partial charge in [-0.2, -0.15) is 0 Å². The van der Waals surface area contributed by atoms with Gasteiger partial charge in [0.15, 0.2) is 0 Å². The molecule has 1 N–H and O–H groups in total. The van der Waals surface area contributed by atoms with Gasteiger partial charge in [-0.05, 0) is 28.1 Å². The van der Waals surface area contributed by atoms with Gasteiger partial charge in [0.25, 0.3) is 5.78 Å². The Labute approximate surface area is 91.6 Å². The molecule has 0 spiro atoms. The van der Waals surface area contributed by atoms with Crippen molar-refractivity contribution in [2.24, 2.45) is 0 Å². The molecule has 14 heavy (non-hydrogen) atoms. The van der Waals surface area contributed by atoms with Gasteiger partial charge >= 0.3 is 5.97 Å². The maximum absolute atomic E-state index is 13.3. The number of halogens is 3. The van der Waals surface area contributed by atoms with Crippen molar-refractivity contribution in [3.63, 3.8) is 0 Å². The van der Waals surface area contributed by atoms with Crippen LogP contribution in [-0.4, -0.2) is 16.9 Å². The van der Waals surface area contributed by atoms with Gasteiger partial charge in [-0.3, -0.25) is 4.79 Å². The number of carbonyl (C=O) groups excluding carboxylic acids is 1. The van der Waals surface area contributed by atoms with Crippen LogP contribution in [0.2, 0.25) is 5.02 Å². The van der Waals surface area contributed by atoms with Crippen molar-refractivity contribution in [3.05, 3.63) is 33.0 Å². The summed E-state index contributed by atoms with van der Waals surface area (Å²) in [5.74, 6) is -4.08. The van der Waals surface area contributed by atoms with Gasteiger partial charge in [-0.25, -0.2) is 9.18 Å². The quantitative estimate of drug-likeness (QED) is 0.515. The van der Waals surface area contributed by atoms with Gasteiger partial charge < -0.3 is 5.11 Å². The standard InChI is InChI=1S/C8H3BrClFO3/c9-3-1-2-4(10)5(6(3)11)7(12)8(13)14/h1-2H,(H,13,14). The summed E-state index contributed by atoms with van der Waals surface area (Å²) < 4.78 is 13.2. The van der Waals surface area contributed by atoms with Crippen LogP contribution in [0.25, 0.3) is 0 Å². The monoisotopic (exact) mass is 280 g/mol. The second-order valence-electron chi connectivity index (χ2n) is 2.35. The minimum Gasteiger partial charge on any atom is -0.475 e. The number of rotatable bonds is 2. The van der Waals surface area contributed by atoms with E-state index in [0.29, 0.717) is 0 Å². The molecule has 3 nitrogen and oxygen atoms in total. The van der Waals surface area contributed by atoms with Crippen LogP contribution < -0.4 is 0 Å². The molecule has 0 saturated carbocycles. The number of carboxylic acids is 1. The molecule has 0 saturated heterocycles. The Morgan fingerprint density at radius 1 is 1.43 bits per heavy atom. The van der Waals surface area contributed by atoms with E-state index in [9.17, 15) is 14.0 Å². The zero-order chi connectivity index (χ0) is 10.9. The Hall–Kier alpha value is -0.940. The lowest BCUT2D eigenvalue weighted by Gasteiger charge is -2.02. The first kappa shape index (κ1) is 11.1. The molecule has 0 amide bonds. The van der Waals surface area contributed by atoms with E-state index in [-0.39, 0.29) is 9.50 Å². The second kappa shape index (κ2) is 4.06. The summed E-state index contributed by atoms with van der Waals surface area (Å²) in [6, 6.07) is 2.53. The van der Waals surface area contributed by atoms with Crippen LogP contribution in [-0.2, 0) is 4.79 Å². The van der Waals surface area contributed by atoms with Crippen molar-refractivity contribution < 1.29 is 19.1 Å². The lowest BCUT2D eigenvalue weighted by Crippen LogP contribution is -2.15. The van der Waals surface area contributed by atoms with Gasteiger partial charge in [-0.1, -0.05) is 11.6 Å². The Morgan fingerprint density at radius 3 is 2.50 bits per heavy atom. The van der Waals surface area contributed by atoms with Crippen LogP contribution >= 0.6 is 27.5 Å². The predicted molar refractivity (Wildman–Crippen MR) is 51.1 cm³/mol. The molecule has 74 valence electrons. The lowest BCUT2D eigenvalue weighted by molar-refractivity contribution is -0.131. The fourth-order valence-corrected chi connectivity index (χ4v) is 1.40. The van der Waals surface area contributed by atoms with E-state index in [0.717, 1.165) is 0 Å². The molecule has 6 heteroatoms. The van der Waals surface area contributed by atoms with Gasteiger partial charge in [0.1, 0.15) is 5.82 Å². The Kier molecular flexibility index (Phi) is 3.23. The molecule has 0 bridgehead atoms. The highest BCUT2D eigenvalue weighted by molar-refractivity contribution is 9.10. The van der Waals surface area contributed by atoms with Crippen LogP contribution in [0.1, 0.15) is 10.4 Å². The largest absolute Gasteiger partial charge is 0.475 e. The number of carbonyl (C=O) groups is 2. The highest BCUT2D eigenvalue weighted by atomic mass is 79.9. The van der Waals surface area contributed by atoms with Gasteiger partial charge in [0.05, 0.1) is 15.1 Å². The molecule has 0 heterocycles. The number of carboxylic acid groups (broad SMARTS) is 1. The summed E-state index contributed by atoms with van der Waals surface area (Å²) >= 11 is 8.31. The van der Waals surface area contributed by atoms with Crippen molar-refractivity contribution in [1.29, 1.82) is 0 Å². The van der Waals surface area contributed by atoms with Crippen molar-refractivity contribution in [2.75, 3.05) is 0 Å². The Morgan fingerprint density at radius 2 is 2.00 bits per heavy atom. The molecular weight excluding hydrogens is 278 g/mol. The maximum Gasteiger partial charge on any atom is 0.377 e. The molecule has 0 radical (unpaired) electrons. The fraction of sp³-hybridized carbons (Fsp3) is 0. The highest BCUT2D eigenvalue weighted by Gasteiger charge is 2.23. The molecule has 1 aromatic carbocycles. The van der Waals surface area contributed by atoms with E-state index in [1.165, 1.54) is 12.1 Å². The first-order valence-electron chi connectivity index (χ1n) is 3.36. The molecular formula is C8H3BrClFO3. The van der Waals surface area contributed by atoms with E-state index in [1.807, 2.05) is 0 Å². The fourth-order valence-electron chi connectivity index (χ4n) is 0.842. The normalized spacial score (nSPS) is 9.93. The zero-order valence-electron chi connectivity index (χ0n) is 6.55. The van der Waals surface area contributed by atoms with Crippen molar-refractivity contribution in [3.8, 4) is 0 Å². The molecule has 0 aromatic heterocycles. The number of ketones is 1. The third-order valence-corrected chi connectivity index (χ3v) is 2.39. The van der Waals surface area contributed by atoms with E-state index < -0.39 is 23.1 Å². The Balaban J connectivity index is 3.40. The minimum atomic E-state index is -1.75. The molecule has 0 fully saturated rings. The number of aliphatic carboxylic acids is 1. The summed E-state index contributed by atoms with van der Waals surface area (Å²) in [5.41, 5.74) is -0.631. The molecule has 0 aliphatic heterocycles. The topological polar surface area (TPSA) is 54.4 Å². The smallest absolute Gasteiger partial charge is 0.377 e. The SMILES string of the molecule is O=C(O)C(=O)c1c(Cl)ccc(Br)c1F. The minimum absolute atomic E-state index is 0.00787. The summed E-state index contributed by atoms with van der Waals surface area (Å²) in [7, 11) is 0. The van der Waals surface area contributed by atoms with Gasteiger partial charge in [0.2, 0.25) is 0 Å². The average molecular weight is 281 g/mol. The van der Waals surface area contributed by atoms with E-state index >= 15 is 0 Å². The number of Topliss-reactive ketones (excluding diaryl/α,β-unsaturated/α-hetero) is 1. The molecule has 1 rings (SSSR count). The van der Waals surface area contributed by atoms with Gasteiger partial charge in [0, 0.05) is 0 Å².